The quantitative estimate of drug-likeness (QED) is 0.682. The van der Waals surface area contributed by atoms with E-state index < -0.39 is 0 Å². The fourth-order valence-electron chi connectivity index (χ4n) is 2.57. The number of hydrogen-bond donors (Lipinski definition) is 2. The van der Waals surface area contributed by atoms with Gasteiger partial charge in [0, 0.05) is 30.1 Å². The summed E-state index contributed by atoms with van der Waals surface area (Å²) in [4.78, 5) is 24.8. The number of hydrogen-bond acceptors (Lipinski definition) is 4. The molecular weight excluding hydrogens is 360 g/mol. The van der Waals surface area contributed by atoms with Crippen LogP contribution in [0.3, 0.4) is 0 Å². The van der Waals surface area contributed by atoms with Crippen LogP contribution in [0, 0.1) is 0 Å². The maximum absolute atomic E-state index is 12.5. The lowest BCUT2D eigenvalue weighted by Gasteiger charge is -2.05. The first kappa shape index (κ1) is 18.7. The third-order valence-electron chi connectivity index (χ3n) is 3.89. The average molecular weight is 380 g/mol. The van der Waals surface area contributed by atoms with Crippen LogP contribution in [0.1, 0.15) is 26.4 Å². The Labute approximate surface area is 162 Å². The van der Waals surface area contributed by atoms with Crippen LogP contribution < -0.4 is 10.6 Å². The zero-order valence-electron chi connectivity index (χ0n) is 15.1. The molecule has 0 bridgehead atoms. The second kappa shape index (κ2) is 8.55. The zero-order chi connectivity index (χ0) is 19.2. The van der Waals surface area contributed by atoms with E-state index in [4.69, 9.17) is 0 Å². The van der Waals surface area contributed by atoms with Crippen molar-refractivity contribution in [1.82, 2.24) is 9.78 Å². The second-order valence-electron chi connectivity index (χ2n) is 5.95. The van der Waals surface area contributed by atoms with E-state index in [-0.39, 0.29) is 17.5 Å². The van der Waals surface area contributed by atoms with Crippen LogP contribution in [0.25, 0.3) is 0 Å². The third kappa shape index (κ3) is 4.77. The Hall–Kier alpha value is -3.06. The van der Waals surface area contributed by atoms with E-state index in [2.05, 4.69) is 15.7 Å². The fourth-order valence-corrected chi connectivity index (χ4v) is 3.09. The van der Waals surface area contributed by atoms with Crippen molar-refractivity contribution in [3.05, 3.63) is 77.5 Å². The van der Waals surface area contributed by atoms with Crippen LogP contribution in [-0.2, 0) is 12.8 Å². The van der Waals surface area contributed by atoms with E-state index in [0.717, 1.165) is 11.3 Å². The molecular formula is C20H20N4O2S. The van der Waals surface area contributed by atoms with E-state index in [0.29, 0.717) is 17.1 Å². The molecule has 0 spiro atoms. The summed E-state index contributed by atoms with van der Waals surface area (Å²) < 4.78 is 1.47. The summed E-state index contributed by atoms with van der Waals surface area (Å²) in [5.74, 6) is 0.746. The number of anilines is 2. The highest BCUT2D eigenvalue weighted by Crippen LogP contribution is 2.17. The Morgan fingerprint density at radius 2 is 1.78 bits per heavy atom. The van der Waals surface area contributed by atoms with E-state index in [9.17, 15) is 9.59 Å². The van der Waals surface area contributed by atoms with Gasteiger partial charge < -0.3 is 10.6 Å². The van der Waals surface area contributed by atoms with Crippen molar-refractivity contribution < 1.29 is 9.59 Å². The Morgan fingerprint density at radius 3 is 2.52 bits per heavy atom. The van der Waals surface area contributed by atoms with E-state index in [1.165, 1.54) is 4.68 Å². The number of carbonyl (C=O) groups excluding carboxylic acids is 2. The van der Waals surface area contributed by atoms with Crippen molar-refractivity contribution in [2.45, 2.75) is 5.75 Å². The summed E-state index contributed by atoms with van der Waals surface area (Å²) in [6, 6.07) is 18.1. The molecule has 0 radical (unpaired) electrons. The Bertz CT molecular complexity index is 954. The molecule has 0 atom stereocenters. The lowest BCUT2D eigenvalue weighted by Crippen LogP contribution is -2.14. The van der Waals surface area contributed by atoms with Gasteiger partial charge in [-0.05, 0) is 36.1 Å². The van der Waals surface area contributed by atoms with Gasteiger partial charge in [-0.2, -0.15) is 16.9 Å². The van der Waals surface area contributed by atoms with Crippen molar-refractivity contribution in [1.29, 1.82) is 0 Å². The van der Waals surface area contributed by atoms with Crippen molar-refractivity contribution in [2.75, 3.05) is 16.9 Å². The number of nitrogens with one attached hydrogen (secondary N) is 2. The minimum absolute atomic E-state index is 0.233. The summed E-state index contributed by atoms with van der Waals surface area (Å²) in [5.41, 5.74) is 2.62. The molecule has 1 heterocycles. The minimum atomic E-state index is -0.327. The van der Waals surface area contributed by atoms with Gasteiger partial charge in [0.2, 0.25) is 0 Å². The van der Waals surface area contributed by atoms with Crippen LogP contribution in [-0.4, -0.2) is 27.9 Å². The minimum Gasteiger partial charge on any atom is -0.321 e. The van der Waals surface area contributed by atoms with Crippen molar-refractivity contribution in [3.8, 4) is 0 Å². The number of carbonyl (C=O) groups is 2. The lowest BCUT2D eigenvalue weighted by molar-refractivity contribution is 0.101. The normalized spacial score (nSPS) is 10.4. The van der Waals surface area contributed by atoms with Crippen LogP contribution in [0.15, 0.2) is 60.7 Å². The predicted molar refractivity (Wildman–Crippen MR) is 109 cm³/mol. The largest absolute Gasteiger partial charge is 0.321 e. The SMILES string of the molecule is CSCc1cccc(NC(=O)c2cc(NC(=O)c3ccccc3)n(C)n2)c1. The van der Waals surface area contributed by atoms with Crippen LogP contribution >= 0.6 is 11.8 Å². The molecule has 27 heavy (non-hydrogen) atoms. The number of aryl methyl sites for hydroxylation is 1. The van der Waals surface area contributed by atoms with Gasteiger partial charge in [0.15, 0.2) is 5.69 Å². The van der Waals surface area contributed by atoms with Crippen LogP contribution in [0.5, 0.6) is 0 Å². The molecule has 6 nitrogen and oxygen atoms in total. The van der Waals surface area contributed by atoms with Crippen LogP contribution in [0.4, 0.5) is 11.5 Å². The summed E-state index contributed by atoms with van der Waals surface area (Å²) in [5, 5.41) is 9.81. The molecule has 7 heteroatoms. The van der Waals surface area contributed by atoms with E-state index in [1.807, 2.05) is 36.6 Å². The maximum Gasteiger partial charge on any atom is 0.276 e. The van der Waals surface area contributed by atoms with Crippen molar-refractivity contribution >= 4 is 35.1 Å². The van der Waals surface area contributed by atoms with Crippen LogP contribution in [0.2, 0.25) is 0 Å². The second-order valence-corrected chi connectivity index (χ2v) is 6.81. The molecule has 1 aromatic heterocycles. The smallest absolute Gasteiger partial charge is 0.276 e. The average Bonchev–Trinajstić information content (AvgIpc) is 3.04. The van der Waals surface area contributed by atoms with Gasteiger partial charge >= 0.3 is 0 Å². The maximum atomic E-state index is 12.5. The summed E-state index contributed by atoms with van der Waals surface area (Å²) in [6.45, 7) is 0. The molecule has 138 valence electrons. The van der Waals surface area contributed by atoms with Gasteiger partial charge in [0.25, 0.3) is 11.8 Å². The molecule has 0 aliphatic rings. The highest BCUT2D eigenvalue weighted by molar-refractivity contribution is 7.97. The van der Waals surface area contributed by atoms with Gasteiger partial charge in [-0.1, -0.05) is 30.3 Å². The lowest BCUT2D eigenvalue weighted by atomic mass is 10.2. The highest BCUT2D eigenvalue weighted by atomic mass is 32.2. The molecule has 0 aliphatic carbocycles. The number of nitrogens with zero attached hydrogens (tertiary/aromatic N) is 2. The molecule has 3 aromatic rings. The summed E-state index contributed by atoms with van der Waals surface area (Å²) >= 11 is 1.72. The number of benzene rings is 2. The fraction of sp³-hybridized carbons (Fsp3) is 0.150. The molecule has 0 aliphatic heterocycles. The third-order valence-corrected chi connectivity index (χ3v) is 4.51. The summed E-state index contributed by atoms with van der Waals surface area (Å²) in [7, 11) is 1.68. The summed E-state index contributed by atoms with van der Waals surface area (Å²) in [6.07, 6.45) is 2.03. The molecule has 0 unspecified atom stereocenters. The first-order chi connectivity index (χ1) is 13.1. The van der Waals surface area contributed by atoms with Gasteiger partial charge in [0.05, 0.1) is 0 Å². The van der Waals surface area contributed by atoms with Crippen molar-refractivity contribution in [2.24, 2.45) is 7.05 Å². The Kier molecular flexibility index (Phi) is 5.93. The van der Waals surface area contributed by atoms with E-state index >= 15 is 0 Å². The Balaban J connectivity index is 1.71. The standard InChI is InChI=1S/C20H20N4O2S/c1-24-18(22-19(25)15-8-4-3-5-9-15)12-17(23-24)20(26)21-16-10-6-7-14(11-16)13-27-2/h3-12H,13H2,1-2H3,(H,21,26)(H,22,25). The molecule has 0 fully saturated rings. The Morgan fingerprint density at radius 1 is 1.00 bits per heavy atom. The molecule has 2 N–H and O–H groups in total. The number of thioether (sulfide) groups is 1. The topological polar surface area (TPSA) is 76.0 Å². The van der Waals surface area contributed by atoms with E-state index in [1.54, 1.807) is 49.1 Å². The number of amides is 2. The highest BCUT2D eigenvalue weighted by Gasteiger charge is 2.15. The number of rotatable bonds is 6. The monoisotopic (exact) mass is 380 g/mol. The molecule has 3 rings (SSSR count). The number of aromatic nitrogens is 2. The molecule has 2 aromatic carbocycles. The first-order valence-corrected chi connectivity index (χ1v) is 9.76. The predicted octanol–water partition coefficient (Wildman–Crippen LogP) is 3.79. The van der Waals surface area contributed by atoms with Gasteiger partial charge in [0.1, 0.15) is 5.82 Å². The van der Waals surface area contributed by atoms with Gasteiger partial charge in [-0.3, -0.25) is 14.3 Å². The molecule has 2 amide bonds. The molecule has 0 saturated carbocycles. The van der Waals surface area contributed by atoms with Crippen molar-refractivity contribution in [3.63, 3.8) is 0 Å². The van der Waals surface area contributed by atoms with Gasteiger partial charge in [-0.15, -0.1) is 0 Å². The zero-order valence-corrected chi connectivity index (χ0v) is 15.9. The van der Waals surface area contributed by atoms with Gasteiger partial charge in [-0.25, -0.2) is 0 Å². The molecule has 0 saturated heterocycles. The first-order valence-electron chi connectivity index (χ1n) is 8.36.